The smallest absolute Gasteiger partial charge is 0.164 e. The molecule has 0 spiro atoms. The van der Waals surface area contributed by atoms with E-state index in [1.54, 1.807) is 0 Å². The van der Waals surface area contributed by atoms with E-state index < -0.39 is 0 Å². The van der Waals surface area contributed by atoms with Crippen molar-refractivity contribution in [2.24, 2.45) is 0 Å². The molecule has 0 amide bonds. The fourth-order valence-corrected chi connectivity index (χ4v) is 7.46. The average Bonchev–Trinajstić information content (AvgIpc) is 3.74. The minimum absolute atomic E-state index is 0.570. The summed E-state index contributed by atoms with van der Waals surface area (Å²) in [7, 11) is 0. The molecule has 5 nitrogen and oxygen atoms in total. The summed E-state index contributed by atoms with van der Waals surface area (Å²) in [5, 5.41) is 11.2. The first-order valence-corrected chi connectivity index (χ1v) is 16.7. The number of aromatic nitrogens is 3. The molecule has 0 unspecified atom stereocenters. The van der Waals surface area contributed by atoms with E-state index in [-0.39, 0.29) is 0 Å². The van der Waals surface area contributed by atoms with Gasteiger partial charge in [-0.25, -0.2) is 15.0 Å². The molecule has 0 aliphatic carbocycles. The maximum absolute atomic E-state index is 6.45. The van der Waals surface area contributed by atoms with Crippen LogP contribution in [0.25, 0.3) is 110 Å². The van der Waals surface area contributed by atoms with Gasteiger partial charge in [0.15, 0.2) is 17.5 Å². The van der Waals surface area contributed by atoms with E-state index in [1.807, 2.05) is 36.4 Å². The van der Waals surface area contributed by atoms with Crippen molar-refractivity contribution in [1.29, 1.82) is 0 Å². The predicted molar refractivity (Wildman–Crippen MR) is 203 cm³/mol. The van der Waals surface area contributed by atoms with E-state index in [1.165, 1.54) is 21.5 Å². The second kappa shape index (κ2) is 10.3. The van der Waals surface area contributed by atoms with Crippen LogP contribution in [-0.2, 0) is 0 Å². The lowest BCUT2D eigenvalue weighted by Gasteiger charge is -2.11. The predicted octanol–water partition coefficient (Wildman–Crippen LogP) is 12.1. The molecule has 232 valence electrons. The molecule has 5 heteroatoms. The Morgan fingerprint density at radius 1 is 0.320 bits per heavy atom. The Morgan fingerprint density at radius 3 is 1.78 bits per heavy atom. The Bertz CT molecular complexity index is 3170. The first kappa shape index (κ1) is 27.1. The Morgan fingerprint density at radius 2 is 0.920 bits per heavy atom. The number of hydrogen-bond acceptors (Lipinski definition) is 5. The molecule has 0 bridgehead atoms. The molecule has 8 aromatic carbocycles. The Hall–Kier alpha value is -6.85. The number of fused-ring (bicyclic) bond motifs is 10. The first-order valence-electron chi connectivity index (χ1n) is 16.7. The summed E-state index contributed by atoms with van der Waals surface area (Å²) >= 11 is 0. The van der Waals surface area contributed by atoms with Crippen LogP contribution < -0.4 is 0 Å². The highest BCUT2D eigenvalue weighted by atomic mass is 16.3. The van der Waals surface area contributed by atoms with Crippen molar-refractivity contribution in [2.75, 3.05) is 0 Å². The zero-order valence-corrected chi connectivity index (χ0v) is 26.6. The summed E-state index contributed by atoms with van der Waals surface area (Å²) in [5.74, 6) is 1.75. The maximum Gasteiger partial charge on any atom is 0.164 e. The largest absolute Gasteiger partial charge is 0.456 e. The van der Waals surface area contributed by atoms with Gasteiger partial charge in [0.2, 0.25) is 0 Å². The second-order valence-corrected chi connectivity index (χ2v) is 12.8. The molecular formula is C45H25N3O2. The third kappa shape index (κ3) is 4.10. The second-order valence-electron chi connectivity index (χ2n) is 12.8. The summed E-state index contributed by atoms with van der Waals surface area (Å²) < 4.78 is 12.7. The van der Waals surface area contributed by atoms with Crippen molar-refractivity contribution in [1.82, 2.24) is 15.0 Å². The van der Waals surface area contributed by atoms with Gasteiger partial charge in [-0.3, -0.25) is 0 Å². The van der Waals surface area contributed by atoms with Crippen molar-refractivity contribution in [2.45, 2.75) is 0 Å². The number of furan rings is 2. The molecule has 3 heterocycles. The van der Waals surface area contributed by atoms with E-state index in [0.717, 1.165) is 71.3 Å². The van der Waals surface area contributed by atoms with Crippen LogP contribution >= 0.6 is 0 Å². The van der Waals surface area contributed by atoms with Crippen molar-refractivity contribution >= 4 is 76.2 Å². The third-order valence-electron chi connectivity index (χ3n) is 9.88. The fraction of sp³-hybridized carbons (Fsp3) is 0. The fourth-order valence-electron chi connectivity index (χ4n) is 7.46. The van der Waals surface area contributed by atoms with Gasteiger partial charge in [-0.05, 0) is 74.8 Å². The number of nitrogens with zero attached hydrogens (tertiary/aromatic N) is 3. The van der Waals surface area contributed by atoms with Crippen LogP contribution in [-0.4, -0.2) is 15.0 Å². The summed E-state index contributed by atoms with van der Waals surface area (Å²) in [6.07, 6.45) is 0. The molecular weight excluding hydrogens is 615 g/mol. The van der Waals surface area contributed by atoms with E-state index in [9.17, 15) is 0 Å². The molecule has 0 fully saturated rings. The molecule has 0 atom stereocenters. The van der Waals surface area contributed by atoms with Crippen LogP contribution in [0, 0.1) is 0 Å². The molecule has 0 radical (unpaired) electrons. The van der Waals surface area contributed by atoms with Crippen LogP contribution in [0.5, 0.6) is 0 Å². The molecule has 3 aromatic heterocycles. The normalized spacial score (nSPS) is 12.0. The minimum atomic E-state index is 0.570. The average molecular weight is 640 g/mol. The topological polar surface area (TPSA) is 65.0 Å². The first-order chi connectivity index (χ1) is 24.7. The maximum atomic E-state index is 6.45. The van der Waals surface area contributed by atoms with Gasteiger partial charge >= 0.3 is 0 Å². The van der Waals surface area contributed by atoms with Crippen molar-refractivity contribution in [3.05, 3.63) is 152 Å². The van der Waals surface area contributed by atoms with Gasteiger partial charge in [0.05, 0.1) is 0 Å². The molecule has 0 saturated heterocycles. The van der Waals surface area contributed by atoms with Gasteiger partial charge in [0.25, 0.3) is 0 Å². The van der Waals surface area contributed by atoms with Crippen molar-refractivity contribution in [3.8, 4) is 34.2 Å². The van der Waals surface area contributed by atoms with Gasteiger partial charge in [-0.15, -0.1) is 0 Å². The van der Waals surface area contributed by atoms with Gasteiger partial charge in [-0.2, -0.15) is 0 Å². The van der Waals surface area contributed by atoms with Gasteiger partial charge in [0.1, 0.15) is 22.3 Å². The lowest BCUT2D eigenvalue weighted by atomic mass is 9.99. The van der Waals surface area contributed by atoms with Crippen LogP contribution in [0.1, 0.15) is 0 Å². The van der Waals surface area contributed by atoms with Crippen LogP contribution in [0.3, 0.4) is 0 Å². The summed E-state index contributed by atoms with van der Waals surface area (Å²) in [6, 6.07) is 52.3. The zero-order valence-electron chi connectivity index (χ0n) is 26.6. The van der Waals surface area contributed by atoms with Crippen LogP contribution in [0.4, 0.5) is 0 Å². The molecule has 0 aliphatic heterocycles. The molecule has 11 rings (SSSR count). The van der Waals surface area contributed by atoms with E-state index in [0.29, 0.717) is 17.5 Å². The number of hydrogen-bond donors (Lipinski definition) is 0. The Balaban J connectivity index is 1.16. The lowest BCUT2D eigenvalue weighted by Crippen LogP contribution is -2.00. The Kier molecular flexibility index (Phi) is 5.60. The number of para-hydroxylation sites is 1. The van der Waals surface area contributed by atoms with E-state index >= 15 is 0 Å². The standard InChI is InChI=1S/C45H25N3O2/c1-2-10-29-24-41-37(22-28(29)9-1)33-21-20-31(25-40(33)50-41)44-46-43(30-19-18-27-17-16-26-8-3-4-11-32(26)36(27)23-30)47-45(48-44)35-13-7-15-39-42(35)34-12-5-6-14-38(34)49-39/h1-25H. The minimum Gasteiger partial charge on any atom is -0.456 e. The van der Waals surface area contributed by atoms with Crippen molar-refractivity contribution in [3.63, 3.8) is 0 Å². The van der Waals surface area contributed by atoms with Gasteiger partial charge in [-0.1, -0.05) is 109 Å². The van der Waals surface area contributed by atoms with E-state index in [4.69, 9.17) is 23.8 Å². The molecule has 50 heavy (non-hydrogen) atoms. The SMILES string of the molecule is c1ccc2cc3c(cc2c1)oc1cc(-c2nc(-c4ccc5ccc6ccccc6c5c4)nc(-c4cccc5oc6ccccc6c45)n2)ccc13. The van der Waals surface area contributed by atoms with Crippen LogP contribution in [0.2, 0.25) is 0 Å². The van der Waals surface area contributed by atoms with Gasteiger partial charge < -0.3 is 8.83 Å². The molecule has 0 N–H and O–H groups in total. The summed E-state index contributed by atoms with van der Waals surface area (Å²) in [5.41, 5.74) is 5.92. The van der Waals surface area contributed by atoms with Gasteiger partial charge in [0, 0.05) is 38.2 Å². The molecule has 0 saturated carbocycles. The summed E-state index contributed by atoms with van der Waals surface area (Å²) in [6.45, 7) is 0. The molecule has 11 aromatic rings. The van der Waals surface area contributed by atoms with Crippen LogP contribution in [0.15, 0.2) is 160 Å². The van der Waals surface area contributed by atoms with E-state index in [2.05, 4.69) is 115 Å². The quantitative estimate of drug-likeness (QED) is 0.180. The third-order valence-corrected chi connectivity index (χ3v) is 9.88. The number of rotatable bonds is 3. The zero-order chi connectivity index (χ0) is 32.8. The monoisotopic (exact) mass is 639 g/mol. The Labute approximate surface area is 285 Å². The summed E-state index contributed by atoms with van der Waals surface area (Å²) in [4.78, 5) is 15.4. The highest BCUT2D eigenvalue weighted by Gasteiger charge is 2.19. The number of benzene rings is 8. The highest BCUT2D eigenvalue weighted by Crippen LogP contribution is 2.38. The lowest BCUT2D eigenvalue weighted by molar-refractivity contribution is 0.669. The van der Waals surface area contributed by atoms with Crippen molar-refractivity contribution < 1.29 is 8.83 Å². The highest BCUT2D eigenvalue weighted by molar-refractivity contribution is 6.13. The molecule has 0 aliphatic rings.